The first kappa shape index (κ1) is 8.95. The number of nitrogens with one attached hydrogen (secondary N) is 1. The summed E-state index contributed by atoms with van der Waals surface area (Å²) >= 11 is 0. The molecule has 62 valence electrons. The normalized spacial score (nSPS) is 45.0. The average Bonchev–Trinajstić information content (AvgIpc) is 1.97. The minimum atomic E-state index is 0.140. The summed E-state index contributed by atoms with van der Waals surface area (Å²) in [6, 6.07) is 0. The van der Waals surface area contributed by atoms with Gasteiger partial charge in [-0.1, -0.05) is 0 Å². The first-order valence-electron chi connectivity index (χ1n) is 4.30. The molecule has 1 rings (SSSR count). The van der Waals surface area contributed by atoms with Crippen LogP contribution in [0.1, 0.15) is 20.3 Å². The van der Waals surface area contributed by atoms with Crippen LogP contribution in [0.3, 0.4) is 0 Å². The summed E-state index contributed by atoms with van der Waals surface area (Å²) in [5, 5.41) is 11.7. The first-order valence-corrected chi connectivity index (χ1v) is 4.30. The van der Waals surface area contributed by atoms with E-state index in [1.807, 2.05) is 0 Å². The molecule has 1 N–H and O–H groups in total. The zero-order chi connectivity index (χ0) is 8.43. The molecule has 4 atom stereocenters. The van der Waals surface area contributed by atoms with E-state index < -0.39 is 0 Å². The molecule has 4 unspecified atom stereocenters. The monoisotopic (exact) mass is 153 g/mol. The van der Waals surface area contributed by atoms with Crippen molar-refractivity contribution >= 4 is 13.4 Å². The summed E-state index contributed by atoms with van der Waals surface area (Å²) in [4.78, 5) is 0. The van der Waals surface area contributed by atoms with Crippen LogP contribution in [-0.4, -0.2) is 25.9 Å². The fraction of sp³-hybridized carbons (Fsp3) is 0.875. The van der Waals surface area contributed by atoms with E-state index in [0.29, 0.717) is 16.9 Å². The molecule has 2 nitrogen and oxygen atoms in total. The quantitative estimate of drug-likeness (QED) is 0.399. The van der Waals surface area contributed by atoms with Gasteiger partial charge in [-0.25, -0.2) is 0 Å². The molecule has 0 radical (unpaired) electrons. The Balaban J connectivity index is 2.54. The Morgan fingerprint density at radius 3 is 2.64 bits per heavy atom. The molecular weight excluding hydrogens is 137 g/mol. The number of hydrogen-bond acceptors (Lipinski definition) is 1. The molecule has 0 aromatic rings. The zero-order valence-corrected chi connectivity index (χ0v) is 7.34. The maximum absolute atomic E-state index is 11.3. The van der Waals surface area contributed by atoms with Crippen LogP contribution in [0, 0.1) is 17.0 Å². The molecule has 0 spiro atoms. The third kappa shape index (κ3) is 1.91. The van der Waals surface area contributed by atoms with Crippen LogP contribution in [-0.2, 0) is 0 Å². The molecular formula is C8H16BNO. The van der Waals surface area contributed by atoms with Gasteiger partial charge in [0.25, 0.3) is 0 Å². The minimum absolute atomic E-state index is 0.140. The summed E-state index contributed by atoms with van der Waals surface area (Å²) in [6.07, 6.45) is 1.00. The molecule has 0 bridgehead atoms. The van der Waals surface area contributed by atoms with Gasteiger partial charge in [-0.2, -0.15) is 0 Å². The molecule has 1 aliphatic rings. The van der Waals surface area contributed by atoms with Crippen LogP contribution >= 0.6 is 0 Å². The second kappa shape index (κ2) is 3.50. The Morgan fingerprint density at radius 2 is 2.09 bits per heavy atom. The van der Waals surface area contributed by atoms with Crippen molar-refractivity contribution in [2.24, 2.45) is 11.8 Å². The molecule has 3 heteroatoms. The first-order chi connectivity index (χ1) is 5.15. The Hall–Kier alpha value is -0.145. The molecule has 11 heavy (non-hydrogen) atoms. The molecule has 0 aliphatic carbocycles. The molecule has 0 aromatic carbocycles. The molecule has 1 heterocycles. The fourth-order valence-corrected chi connectivity index (χ4v) is 1.66. The van der Waals surface area contributed by atoms with Crippen molar-refractivity contribution in [1.29, 1.82) is 0 Å². The van der Waals surface area contributed by atoms with E-state index in [2.05, 4.69) is 20.3 Å². The van der Waals surface area contributed by atoms with Gasteiger partial charge in [-0.05, 0) is 0 Å². The maximum atomic E-state index is 11.3. The second-order valence-corrected chi connectivity index (χ2v) is 3.70. The number of hydroxylamine groups is 2. The number of hydrogen-bond donors (Lipinski definition) is 1. The van der Waals surface area contributed by atoms with Gasteiger partial charge in [-0.15, -0.1) is 0 Å². The Kier molecular flexibility index (Phi) is 2.85. The van der Waals surface area contributed by atoms with Crippen molar-refractivity contribution in [3.8, 4) is 0 Å². The van der Waals surface area contributed by atoms with Crippen LogP contribution in [0.5, 0.6) is 0 Å². The molecule has 0 aromatic heterocycles. The Bertz CT molecular complexity index is 151. The summed E-state index contributed by atoms with van der Waals surface area (Å²) in [5.41, 5.74) is 0. The van der Waals surface area contributed by atoms with Gasteiger partial charge in [0.2, 0.25) is 0 Å². The fourth-order valence-electron chi connectivity index (χ4n) is 1.66. The average molecular weight is 153 g/mol. The zero-order valence-electron chi connectivity index (χ0n) is 7.34. The van der Waals surface area contributed by atoms with Crippen LogP contribution < -0.4 is 5.06 Å². The van der Waals surface area contributed by atoms with Crippen LogP contribution in [0.2, 0.25) is 0 Å². The van der Waals surface area contributed by atoms with Crippen molar-refractivity contribution < 1.29 is 5.06 Å². The van der Waals surface area contributed by atoms with Crippen LogP contribution in [0.25, 0.3) is 0 Å². The van der Waals surface area contributed by atoms with Crippen molar-refractivity contribution in [2.75, 3.05) is 6.54 Å². The molecule has 0 saturated carbocycles. The van der Waals surface area contributed by atoms with E-state index in [1.54, 1.807) is 6.92 Å². The van der Waals surface area contributed by atoms with Gasteiger partial charge in [0.1, 0.15) is 0 Å². The van der Waals surface area contributed by atoms with E-state index in [9.17, 15) is 5.21 Å². The SMILES string of the molecule is C=BC1CC(C)C(C)C[NH+]1[O-]. The van der Waals surface area contributed by atoms with Crippen molar-refractivity contribution in [2.45, 2.75) is 26.2 Å². The molecule has 1 aliphatic heterocycles. The van der Waals surface area contributed by atoms with Gasteiger partial charge in [0, 0.05) is 0 Å². The van der Waals surface area contributed by atoms with Gasteiger partial charge >= 0.3 is 68.3 Å². The van der Waals surface area contributed by atoms with E-state index in [0.717, 1.165) is 13.0 Å². The van der Waals surface area contributed by atoms with Crippen molar-refractivity contribution in [1.82, 2.24) is 0 Å². The van der Waals surface area contributed by atoms with Crippen molar-refractivity contribution in [3.63, 3.8) is 0 Å². The van der Waals surface area contributed by atoms with Crippen molar-refractivity contribution in [3.05, 3.63) is 5.21 Å². The molecule has 1 fully saturated rings. The summed E-state index contributed by atoms with van der Waals surface area (Å²) in [7, 11) is 0. The predicted molar refractivity (Wildman–Crippen MR) is 48.8 cm³/mol. The standard InChI is InChI=1S/C8H16BNO/c1-6-4-8(9-3)10(11)5-7(6)2/h6-8,10H,3-5H2,1-2H3. The summed E-state index contributed by atoms with van der Waals surface area (Å²) in [5.74, 6) is 1.38. The van der Waals surface area contributed by atoms with Crippen LogP contribution in [0.4, 0.5) is 0 Å². The Morgan fingerprint density at radius 1 is 1.45 bits per heavy atom. The third-order valence-electron chi connectivity index (χ3n) is 2.82. The topological polar surface area (TPSA) is 27.5 Å². The molecule has 1 saturated heterocycles. The predicted octanol–water partition coefficient (Wildman–Crippen LogP) is -0.493. The Labute approximate surface area is 69.1 Å². The number of quaternary nitrogens is 1. The second-order valence-electron chi connectivity index (χ2n) is 3.70. The van der Waals surface area contributed by atoms with Gasteiger partial charge in [0.15, 0.2) is 0 Å². The third-order valence-corrected chi connectivity index (χ3v) is 2.82. The summed E-state index contributed by atoms with van der Waals surface area (Å²) < 4.78 is 0. The number of rotatable bonds is 1. The van der Waals surface area contributed by atoms with Gasteiger partial charge in [0.05, 0.1) is 0 Å². The van der Waals surface area contributed by atoms with Crippen LogP contribution in [0.15, 0.2) is 0 Å². The van der Waals surface area contributed by atoms with E-state index >= 15 is 0 Å². The summed E-state index contributed by atoms with van der Waals surface area (Å²) in [6.45, 7) is 10.6. The molecule has 0 amide bonds. The van der Waals surface area contributed by atoms with E-state index in [-0.39, 0.29) is 5.94 Å². The number of piperidine rings is 1. The van der Waals surface area contributed by atoms with Gasteiger partial charge < -0.3 is 0 Å². The van der Waals surface area contributed by atoms with E-state index in [4.69, 9.17) is 0 Å². The van der Waals surface area contributed by atoms with Gasteiger partial charge in [-0.3, -0.25) is 0 Å². The van der Waals surface area contributed by atoms with E-state index in [1.165, 1.54) is 0 Å².